The molecule has 0 amide bonds. The maximum atomic E-state index is 12.8. The Morgan fingerprint density at radius 1 is 1.46 bits per heavy atom. The van der Waals surface area contributed by atoms with Gasteiger partial charge in [-0.1, -0.05) is 6.07 Å². The van der Waals surface area contributed by atoms with Crippen molar-refractivity contribution in [2.45, 2.75) is 12.5 Å². The molecule has 1 aliphatic heterocycles. The Kier molecular flexibility index (Phi) is 1.86. The molecule has 1 fully saturated rings. The predicted octanol–water partition coefficient (Wildman–Crippen LogP) is 1.32. The van der Waals surface area contributed by atoms with Crippen LogP contribution in [0, 0.1) is 12.7 Å². The van der Waals surface area contributed by atoms with Crippen LogP contribution in [-0.2, 0) is 10.3 Å². The van der Waals surface area contributed by atoms with Gasteiger partial charge in [0.2, 0.25) is 0 Å². The molecule has 13 heavy (non-hydrogen) atoms. The summed E-state index contributed by atoms with van der Waals surface area (Å²) in [6.45, 7) is 2.92. The number of rotatable bonds is 1. The number of halogens is 1. The second-order valence-electron chi connectivity index (χ2n) is 3.61. The van der Waals surface area contributed by atoms with Gasteiger partial charge in [0, 0.05) is 0 Å². The van der Waals surface area contributed by atoms with Crippen molar-refractivity contribution in [1.29, 1.82) is 0 Å². The lowest BCUT2D eigenvalue weighted by Crippen LogP contribution is -2.54. The van der Waals surface area contributed by atoms with E-state index >= 15 is 0 Å². The van der Waals surface area contributed by atoms with E-state index in [4.69, 9.17) is 10.5 Å². The number of benzene rings is 1. The molecule has 1 aliphatic rings. The van der Waals surface area contributed by atoms with Crippen molar-refractivity contribution in [3.8, 4) is 0 Å². The van der Waals surface area contributed by atoms with Crippen molar-refractivity contribution in [3.63, 3.8) is 0 Å². The van der Waals surface area contributed by atoms with Crippen molar-refractivity contribution in [2.75, 3.05) is 13.2 Å². The summed E-state index contributed by atoms with van der Waals surface area (Å²) < 4.78 is 17.8. The van der Waals surface area contributed by atoms with E-state index in [1.54, 1.807) is 6.07 Å². The number of hydrogen-bond acceptors (Lipinski definition) is 2. The van der Waals surface area contributed by atoms with Crippen LogP contribution in [0.5, 0.6) is 0 Å². The molecule has 3 heteroatoms. The van der Waals surface area contributed by atoms with E-state index in [-0.39, 0.29) is 5.82 Å². The van der Waals surface area contributed by atoms with Gasteiger partial charge in [-0.25, -0.2) is 4.39 Å². The molecule has 0 bridgehead atoms. The maximum Gasteiger partial charge on any atom is 0.123 e. The highest BCUT2D eigenvalue weighted by atomic mass is 19.1. The second-order valence-corrected chi connectivity index (χ2v) is 3.61. The van der Waals surface area contributed by atoms with E-state index in [0.29, 0.717) is 13.2 Å². The van der Waals surface area contributed by atoms with E-state index in [2.05, 4.69) is 0 Å². The Bertz CT molecular complexity index is 334. The van der Waals surface area contributed by atoms with Gasteiger partial charge < -0.3 is 10.5 Å². The van der Waals surface area contributed by atoms with E-state index in [9.17, 15) is 4.39 Å². The van der Waals surface area contributed by atoms with Gasteiger partial charge in [0.25, 0.3) is 0 Å². The molecule has 1 aromatic rings. The number of ether oxygens (including phenoxy) is 1. The molecule has 0 radical (unpaired) electrons. The van der Waals surface area contributed by atoms with Crippen molar-refractivity contribution in [3.05, 3.63) is 35.1 Å². The Labute approximate surface area is 76.5 Å². The summed E-state index contributed by atoms with van der Waals surface area (Å²) in [5, 5.41) is 0. The third kappa shape index (κ3) is 1.34. The van der Waals surface area contributed by atoms with Gasteiger partial charge in [-0.3, -0.25) is 0 Å². The molecule has 1 saturated heterocycles. The van der Waals surface area contributed by atoms with E-state index in [1.807, 2.05) is 6.92 Å². The van der Waals surface area contributed by atoms with Crippen LogP contribution in [0.1, 0.15) is 11.1 Å². The summed E-state index contributed by atoms with van der Waals surface area (Å²) in [4.78, 5) is 0. The van der Waals surface area contributed by atoms with Crippen molar-refractivity contribution >= 4 is 0 Å². The highest BCUT2D eigenvalue weighted by Gasteiger charge is 2.36. The molecule has 70 valence electrons. The molecular formula is C10H12FNO. The highest BCUT2D eigenvalue weighted by molar-refractivity contribution is 5.34. The fraction of sp³-hybridized carbons (Fsp3) is 0.400. The Morgan fingerprint density at radius 2 is 2.15 bits per heavy atom. The number of hydrogen-bond donors (Lipinski definition) is 1. The standard InChI is InChI=1S/C10H12FNO/c1-7-4-8(11)2-3-9(7)10(12)5-13-6-10/h2-4H,5-6,12H2,1H3. The molecule has 2 nitrogen and oxygen atoms in total. The quantitative estimate of drug-likeness (QED) is 0.709. The van der Waals surface area contributed by atoms with Crippen LogP contribution in [-0.4, -0.2) is 13.2 Å². The highest BCUT2D eigenvalue weighted by Crippen LogP contribution is 2.29. The third-order valence-corrected chi connectivity index (χ3v) is 2.44. The van der Waals surface area contributed by atoms with Gasteiger partial charge >= 0.3 is 0 Å². The largest absolute Gasteiger partial charge is 0.377 e. The number of nitrogens with two attached hydrogens (primary N) is 1. The zero-order valence-corrected chi connectivity index (χ0v) is 7.51. The van der Waals surface area contributed by atoms with Crippen LogP contribution in [0.15, 0.2) is 18.2 Å². The van der Waals surface area contributed by atoms with Crippen LogP contribution < -0.4 is 5.73 Å². The Balaban J connectivity index is 2.40. The van der Waals surface area contributed by atoms with Gasteiger partial charge in [0.15, 0.2) is 0 Å². The first-order chi connectivity index (χ1) is 6.12. The minimum atomic E-state index is -0.391. The maximum absolute atomic E-state index is 12.8. The monoisotopic (exact) mass is 181 g/mol. The van der Waals surface area contributed by atoms with Gasteiger partial charge in [0.1, 0.15) is 5.82 Å². The molecule has 0 unspecified atom stereocenters. The van der Waals surface area contributed by atoms with Gasteiger partial charge in [-0.2, -0.15) is 0 Å². The zero-order chi connectivity index (χ0) is 9.47. The Hall–Kier alpha value is -0.930. The molecule has 0 atom stereocenters. The summed E-state index contributed by atoms with van der Waals surface area (Å²) in [5.74, 6) is -0.218. The lowest BCUT2D eigenvalue weighted by Gasteiger charge is -2.39. The van der Waals surface area contributed by atoms with Gasteiger partial charge in [0.05, 0.1) is 18.8 Å². The average molecular weight is 181 g/mol. The second kappa shape index (κ2) is 2.79. The third-order valence-electron chi connectivity index (χ3n) is 2.44. The van der Waals surface area contributed by atoms with Crippen LogP contribution >= 0.6 is 0 Å². The molecule has 1 aromatic carbocycles. The molecule has 2 rings (SSSR count). The lowest BCUT2D eigenvalue weighted by molar-refractivity contribution is -0.0572. The summed E-state index contributed by atoms with van der Waals surface area (Å²) in [5.41, 5.74) is 7.52. The fourth-order valence-electron chi connectivity index (χ4n) is 1.66. The minimum Gasteiger partial charge on any atom is -0.377 e. The molecule has 1 heterocycles. The summed E-state index contributed by atoms with van der Waals surface area (Å²) in [6.07, 6.45) is 0. The topological polar surface area (TPSA) is 35.2 Å². The summed E-state index contributed by atoms with van der Waals surface area (Å²) in [6, 6.07) is 4.69. The van der Waals surface area contributed by atoms with Crippen LogP contribution in [0.3, 0.4) is 0 Å². The van der Waals surface area contributed by atoms with E-state index in [0.717, 1.165) is 11.1 Å². The van der Waals surface area contributed by atoms with E-state index < -0.39 is 5.54 Å². The van der Waals surface area contributed by atoms with E-state index in [1.165, 1.54) is 12.1 Å². The van der Waals surface area contributed by atoms with Crippen LogP contribution in [0.4, 0.5) is 4.39 Å². The predicted molar refractivity (Wildman–Crippen MR) is 47.8 cm³/mol. The van der Waals surface area contributed by atoms with Gasteiger partial charge in [-0.15, -0.1) is 0 Å². The SMILES string of the molecule is Cc1cc(F)ccc1C1(N)COC1. The first kappa shape index (κ1) is 8.66. The van der Waals surface area contributed by atoms with Crippen molar-refractivity contribution in [1.82, 2.24) is 0 Å². The average Bonchev–Trinajstić information content (AvgIpc) is 2.00. The Morgan fingerprint density at radius 3 is 2.62 bits per heavy atom. The zero-order valence-electron chi connectivity index (χ0n) is 7.51. The molecule has 0 aromatic heterocycles. The van der Waals surface area contributed by atoms with Crippen molar-refractivity contribution < 1.29 is 9.13 Å². The minimum absolute atomic E-state index is 0.218. The van der Waals surface area contributed by atoms with Crippen molar-refractivity contribution in [2.24, 2.45) is 5.73 Å². The first-order valence-electron chi connectivity index (χ1n) is 4.25. The molecule has 2 N–H and O–H groups in total. The fourth-order valence-corrected chi connectivity index (χ4v) is 1.66. The molecular weight excluding hydrogens is 169 g/mol. The summed E-state index contributed by atoms with van der Waals surface area (Å²) in [7, 11) is 0. The lowest BCUT2D eigenvalue weighted by atomic mass is 9.86. The summed E-state index contributed by atoms with van der Waals surface area (Å²) >= 11 is 0. The molecule has 0 spiro atoms. The smallest absolute Gasteiger partial charge is 0.123 e. The van der Waals surface area contributed by atoms with Crippen LogP contribution in [0.25, 0.3) is 0 Å². The molecule has 0 saturated carbocycles. The molecule has 0 aliphatic carbocycles. The van der Waals surface area contributed by atoms with Gasteiger partial charge in [-0.05, 0) is 30.2 Å². The van der Waals surface area contributed by atoms with Crippen LogP contribution in [0.2, 0.25) is 0 Å². The normalized spacial score (nSPS) is 19.6. The first-order valence-corrected chi connectivity index (χ1v) is 4.25. The number of aryl methyl sites for hydroxylation is 1.